The van der Waals surface area contributed by atoms with E-state index >= 15 is 0 Å². The smallest absolute Gasteiger partial charge is 0.0870 e. The zero-order valence-corrected chi connectivity index (χ0v) is 8.86. The van der Waals surface area contributed by atoms with Crippen LogP contribution in [0.15, 0.2) is 0 Å². The van der Waals surface area contributed by atoms with Gasteiger partial charge in [0.15, 0.2) is 0 Å². The predicted octanol–water partition coefficient (Wildman–Crippen LogP) is 0.629. The lowest BCUT2D eigenvalue weighted by atomic mass is 10.3. The lowest BCUT2D eigenvalue weighted by molar-refractivity contribution is 0.141. The van der Waals surface area contributed by atoms with Crippen molar-refractivity contribution in [3.05, 3.63) is 0 Å². The average molecular weight is 190 g/mol. The molecule has 0 rings (SSSR count). The monoisotopic (exact) mass is 190 g/mol. The van der Waals surface area contributed by atoms with Gasteiger partial charge >= 0.3 is 0 Å². The van der Waals surface area contributed by atoms with Crippen LogP contribution < -0.4 is 5.73 Å². The first kappa shape index (κ1) is 11.8. The molecule has 0 spiro atoms. The SMILES string of the molecule is COCCN(CC(N)=S)C(C)C. The number of methoxy groups -OCH3 is 1. The summed E-state index contributed by atoms with van der Waals surface area (Å²) in [5, 5.41) is 0. The van der Waals surface area contributed by atoms with Gasteiger partial charge in [-0.25, -0.2) is 0 Å². The number of thiocarbonyl (C=S) groups is 1. The standard InChI is InChI=1S/C8H18N2OS/c1-7(2)10(4-5-11-3)6-8(9)12/h7H,4-6H2,1-3H3,(H2,9,12). The first-order chi connectivity index (χ1) is 5.57. The van der Waals surface area contributed by atoms with Crippen molar-refractivity contribution in [3.8, 4) is 0 Å². The van der Waals surface area contributed by atoms with E-state index < -0.39 is 0 Å². The minimum atomic E-state index is 0.460. The molecule has 0 amide bonds. The molecule has 72 valence electrons. The molecule has 0 fully saturated rings. The summed E-state index contributed by atoms with van der Waals surface area (Å²) in [5.41, 5.74) is 5.45. The van der Waals surface area contributed by atoms with Gasteiger partial charge in [0.05, 0.1) is 11.6 Å². The molecule has 0 aromatic rings. The van der Waals surface area contributed by atoms with E-state index in [9.17, 15) is 0 Å². The summed E-state index contributed by atoms with van der Waals surface area (Å²) in [6.45, 7) is 6.52. The van der Waals surface area contributed by atoms with Gasteiger partial charge in [-0.2, -0.15) is 0 Å². The van der Waals surface area contributed by atoms with E-state index in [-0.39, 0.29) is 0 Å². The van der Waals surface area contributed by atoms with E-state index in [0.29, 0.717) is 17.6 Å². The van der Waals surface area contributed by atoms with Gasteiger partial charge in [-0.1, -0.05) is 12.2 Å². The Balaban J connectivity index is 3.78. The summed E-state index contributed by atoms with van der Waals surface area (Å²) in [4.78, 5) is 2.73. The van der Waals surface area contributed by atoms with E-state index in [1.165, 1.54) is 0 Å². The van der Waals surface area contributed by atoms with Crippen LogP contribution in [-0.2, 0) is 4.74 Å². The zero-order valence-electron chi connectivity index (χ0n) is 8.04. The molecule has 0 aliphatic heterocycles. The normalized spacial score (nSPS) is 11.1. The third-order valence-electron chi connectivity index (χ3n) is 1.67. The third-order valence-corrected chi connectivity index (χ3v) is 1.80. The number of nitrogens with two attached hydrogens (primary N) is 1. The fourth-order valence-electron chi connectivity index (χ4n) is 0.929. The van der Waals surface area contributed by atoms with E-state index in [2.05, 4.69) is 18.7 Å². The highest BCUT2D eigenvalue weighted by atomic mass is 32.1. The van der Waals surface area contributed by atoms with Gasteiger partial charge in [-0.3, -0.25) is 4.90 Å². The summed E-state index contributed by atoms with van der Waals surface area (Å²) in [6, 6.07) is 0.460. The molecule has 0 aliphatic rings. The number of rotatable bonds is 6. The van der Waals surface area contributed by atoms with Crippen LogP contribution >= 0.6 is 12.2 Å². The number of hydrogen-bond donors (Lipinski definition) is 1. The Labute approximate surface area is 79.9 Å². The lowest BCUT2D eigenvalue weighted by Gasteiger charge is -2.25. The summed E-state index contributed by atoms with van der Waals surface area (Å²) in [7, 11) is 1.69. The lowest BCUT2D eigenvalue weighted by Crippen LogP contribution is -2.39. The van der Waals surface area contributed by atoms with Crippen LogP contribution in [0.2, 0.25) is 0 Å². The zero-order chi connectivity index (χ0) is 9.56. The molecule has 0 aliphatic carbocycles. The van der Waals surface area contributed by atoms with Gasteiger partial charge in [-0.15, -0.1) is 0 Å². The Kier molecular flexibility index (Phi) is 6.24. The van der Waals surface area contributed by atoms with Gasteiger partial charge in [-0.05, 0) is 13.8 Å². The molecular formula is C8H18N2OS. The van der Waals surface area contributed by atoms with Crippen LogP contribution in [-0.4, -0.2) is 42.7 Å². The molecule has 0 atom stereocenters. The van der Waals surface area contributed by atoms with Crippen molar-refractivity contribution in [2.45, 2.75) is 19.9 Å². The second-order valence-corrected chi connectivity index (χ2v) is 3.55. The molecule has 12 heavy (non-hydrogen) atoms. The molecular weight excluding hydrogens is 172 g/mol. The molecule has 0 bridgehead atoms. The van der Waals surface area contributed by atoms with Crippen molar-refractivity contribution < 1.29 is 4.74 Å². The largest absolute Gasteiger partial charge is 0.392 e. The van der Waals surface area contributed by atoms with Gasteiger partial charge in [0, 0.05) is 26.2 Å². The van der Waals surface area contributed by atoms with Gasteiger partial charge in [0.2, 0.25) is 0 Å². The molecule has 0 saturated carbocycles. The molecule has 0 radical (unpaired) electrons. The highest BCUT2D eigenvalue weighted by molar-refractivity contribution is 7.80. The highest BCUT2D eigenvalue weighted by Crippen LogP contribution is 1.96. The first-order valence-electron chi connectivity index (χ1n) is 4.09. The Hall–Kier alpha value is -0.190. The maximum absolute atomic E-state index is 5.45. The molecule has 2 N–H and O–H groups in total. The minimum Gasteiger partial charge on any atom is -0.392 e. The molecule has 0 aromatic carbocycles. The van der Waals surface area contributed by atoms with Crippen molar-refractivity contribution >= 4 is 17.2 Å². The first-order valence-corrected chi connectivity index (χ1v) is 4.50. The molecule has 0 saturated heterocycles. The Morgan fingerprint density at radius 3 is 2.50 bits per heavy atom. The average Bonchev–Trinajstić information content (AvgIpc) is 1.96. The Morgan fingerprint density at radius 2 is 2.17 bits per heavy atom. The van der Waals surface area contributed by atoms with Crippen LogP contribution in [0.5, 0.6) is 0 Å². The van der Waals surface area contributed by atoms with Gasteiger partial charge in [0.25, 0.3) is 0 Å². The quantitative estimate of drug-likeness (QED) is 0.624. The summed E-state index contributed by atoms with van der Waals surface area (Å²) in [5.74, 6) is 0. The number of nitrogens with zero attached hydrogens (tertiary/aromatic N) is 1. The van der Waals surface area contributed by atoms with E-state index in [0.717, 1.165) is 13.2 Å². The van der Waals surface area contributed by atoms with E-state index in [4.69, 9.17) is 22.7 Å². The molecule has 3 nitrogen and oxygen atoms in total. The number of hydrogen-bond acceptors (Lipinski definition) is 3. The van der Waals surface area contributed by atoms with Gasteiger partial charge < -0.3 is 10.5 Å². The van der Waals surface area contributed by atoms with E-state index in [1.54, 1.807) is 7.11 Å². The van der Waals surface area contributed by atoms with Crippen LogP contribution in [0.25, 0.3) is 0 Å². The van der Waals surface area contributed by atoms with Crippen molar-refractivity contribution in [1.82, 2.24) is 4.90 Å². The molecule has 0 aromatic heterocycles. The maximum atomic E-state index is 5.45. The molecule has 4 heteroatoms. The fraction of sp³-hybridized carbons (Fsp3) is 0.875. The summed E-state index contributed by atoms with van der Waals surface area (Å²) < 4.78 is 4.98. The topological polar surface area (TPSA) is 38.5 Å². The Bertz CT molecular complexity index is 139. The van der Waals surface area contributed by atoms with Crippen molar-refractivity contribution in [1.29, 1.82) is 0 Å². The molecule has 0 heterocycles. The Morgan fingerprint density at radius 1 is 1.58 bits per heavy atom. The highest BCUT2D eigenvalue weighted by Gasteiger charge is 2.09. The van der Waals surface area contributed by atoms with Crippen molar-refractivity contribution in [2.75, 3.05) is 26.8 Å². The van der Waals surface area contributed by atoms with Crippen molar-refractivity contribution in [2.24, 2.45) is 5.73 Å². The third kappa shape index (κ3) is 5.46. The second-order valence-electron chi connectivity index (χ2n) is 3.02. The summed E-state index contributed by atoms with van der Waals surface area (Å²) in [6.07, 6.45) is 0. The van der Waals surface area contributed by atoms with Crippen molar-refractivity contribution in [3.63, 3.8) is 0 Å². The minimum absolute atomic E-state index is 0.460. The second kappa shape index (κ2) is 6.34. The fourth-order valence-corrected chi connectivity index (χ4v) is 1.09. The van der Waals surface area contributed by atoms with Gasteiger partial charge in [0.1, 0.15) is 0 Å². The van der Waals surface area contributed by atoms with Crippen LogP contribution in [0, 0.1) is 0 Å². The van der Waals surface area contributed by atoms with Crippen LogP contribution in [0.1, 0.15) is 13.8 Å². The predicted molar refractivity (Wildman–Crippen MR) is 55.4 cm³/mol. The van der Waals surface area contributed by atoms with Crippen LogP contribution in [0.4, 0.5) is 0 Å². The maximum Gasteiger partial charge on any atom is 0.0870 e. The summed E-state index contributed by atoms with van der Waals surface area (Å²) >= 11 is 4.84. The van der Waals surface area contributed by atoms with E-state index in [1.807, 2.05) is 0 Å². The van der Waals surface area contributed by atoms with Crippen LogP contribution in [0.3, 0.4) is 0 Å². The molecule has 0 unspecified atom stereocenters. The number of ether oxygens (including phenoxy) is 1.